The van der Waals surface area contributed by atoms with Crippen LogP contribution in [0.3, 0.4) is 0 Å². The van der Waals surface area contributed by atoms with Gasteiger partial charge in [-0.3, -0.25) is 0 Å². The highest BCUT2D eigenvalue weighted by molar-refractivity contribution is 5.68. The minimum Gasteiger partial charge on any atom is -0.508 e. The van der Waals surface area contributed by atoms with Gasteiger partial charge in [0.15, 0.2) is 0 Å². The Morgan fingerprint density at radius 1 is 1.26 bits per heavy atom. The van der Waals surface area contributed by atoms with E-state index in [2.05, 4.69) is 0 Å². The van der Waals surface area contributed by atoms with Crippen molar-refractivity contribution in [2.75, 3.05) is 13.1 Å². The van der Waals surface area contributed by atoms with E-state index < -0.39 is 5.60 Å². The number of ether oxygens (including phenoxy) is 2. The third kappa shape index (κ3) is 3.54. The van der Waals surface area contributed by atoms with Gasteiger partial charge in [0.25, 0.3) is 0 Å². The predicted octanol–water partition coefficient (Wildman–Crippen LogP) is 3.49. The zero-order chi connectivity index (χ0) is 16.7. The molecule has 2 aliphatic rings. The summed E-state index contributed by atoms with van der Waals surface area (Å²) in [6.45, 7) is 6.96. The fraction of sp³-hybridized carbons (Fsp3) is 0.611. The molecule has 0 saturated carbocycles. The number of phenols is 1. The van der Waals surface area contributed by atoms with Crippen molar-refractivity contribution in [2.24, 2.45) is 0 Å². The molecule has 5 heteroatoms. The maximum absolute atomic E-state index is 12.2. The summed E-state index contributed by atoms with van der Waals surface area (Å²) in [5.74, 6) is 1.14. The maximum atomic E-state index is 12.2. The molecular weight excluding hydrogens is 294 g/mol. The van der Waals surface area contributed by atoms with Crippen molar-refractivity contribution in [3.63, 3.8) is 0 Å². The Morgan fingerprint density at radius 3 is 2.61 bits per heavy atom. The second-order valence-electron chi connectivity index (χ2n) is 7.54. The molecule has 0 bridgehead atoms. The number of amides is 1. The molecule has 1 fully saturated rings. The van der Waals surface area contributed by atoms with Crippen LogP contribution in [0, 0.1) is 0 Å². The Labute approximate surface area is 137 Å². The molecular formula is C18H25NO4. The number of piperidine rings is 1. The van der Waals surface area contributed by atoms with Gasteiger partial charge in [0, 0.05) is 25.9 Å². The molecule has 0 aliphatic carbocycles. The second-order valence-corrected chi connectivity index (χ2v) is 7.54. The van der Waals surface area contributed by atoms with Crippen LogP contribution in [0.2, 0.25) is 0 Å². The van der Waals surface area contributed by atoms with Gasteiger partial charge in [-0.1, -0.05) is 0 Å². The highest BCUT2D eigenvalue weighted by Gasteiger charge is 2.41. The van der Waals surface area contributed by atoms with Crippen LogP contribution in [0.25, 0.3) is 0 Å². The van der Waals surface area contributed by atoms with Crippen LogP contribution in [0.5, 0.6) is 11.5 Å². The van der Waals surface area contributed by atoms with Crippen molar-refractivity contribution in [3.05, 3.63) is 23.8 Å². The summed E-state index contributed by atoms with van der Waals surface area (Å²) in [6.07, 6.45) is 3.20. The highest BCUT2D eigenvalue weighted by atomic mass is 16.6. The van der Waals surface area contributed by atoms with Crippen molar-refractivity contribution < 1.29 is 19.4 Å². The maximum Gasteiger partial charge on any atom is 0.410 e. The first-order chi connectivity index (χ1) is 10.8. The van der Waals surface area contributed by atoms with Crippen LogP contribution >= 0.6 is 0 Å². The van der Waals surface area contributed by atoms with E-state index in [0.29, 0.717) is 13.1 Å². The van der Waals surface area contributed by atoms with Crippen LogP contribution in [0.1, 0.15) is 45.6 Å². The molecule has 0 unspecified atom stereocenters. The molecule has 3 rings (SSSR count). The van der Waals surface area contributed by atoms with E-state index in [9.17, 15) is 9.90 Å². The van der Waals surface area contributed by atoms with E-state index in [-0.39, 0.29) is 17.4 Å². The number of rotatable bonds is 0. The standard InChI is InChI=1S/C18H25NO4/c1-17(2,3)23-16(21)19-10-8-18(9-11-19)7-6-13-12-14(20)4-5-15(13)22-18/h4-5,12,20H,6-11H2,1-3H3. The molecule has 0 radical (unpaired) electrons. The van der Waals surface area contributed by atoms with Gasteiger partial charge in [-0.15, -0.1) is 0 Å². The molecule has 5 nitrogen and oxygen atoms in total. The van der Waals surface area contributed by atoms with Crippen LogP contribution < -0.4 is 4.74 Å². The summed E-state index contributed by atoms with van der Waals surface area (Å²) in [5.41, 5.74) is 0.405. The van der Waals surface area contributed by atoms with Crippen LogP contribution in [0.15, 0.2) is 18.2 Å². The van der Waals surface area contributed by atoms with Gasteiger partial charge in [0.1, 0.15) is 22.7 Å². The summed E-state index contributed by atoms with van der Waals surface area (Å²) >= 11 is 0. The number of likely N-dealkylation sites (tertiary alicyclic amines) is 1. The van der Waals surface area contributed by atoms with E-state index in [0.717, 1.165) is 37.0 Å². The summed E-state index contributed by atoms with van der Waals surface area (Å²) in [5, 5.41) is 9.57. The monoisotopic (exact) mass is 319 g/mol. The largest absolute Gasteiger partial charge is 0.508 e. The molecule has 1 aromatic carbocycles. The van der Waals surface area contributed by atoms with Crippen molar-refractivity contribution in [1.29, 1.82) is 0 Å². The summed E-state index contributed by atoms with van der Waals surface area (Å²) in [7, 11) is 0. The number of hydrogen-bond acceptors (Lipinski definition) is 4. The molecule has 1 amide bonds. The fourth-order valence-electron chi connectivity index (χ4n) is 3.28. The molecule has 1 aromatic rings. The van der Waals surface area contributed by atoms with Gasteiger partial charge in [-0.05, 0) is 57.4 Å². The van der Waals surface area contributed by atoms with E-state index >= 15 is 0 Å². The SMILES string of the molecule is CC(C)(C)OC(=O)N1CCC2(CCc3cc(O)ccc3O2)CC1. The Hall–Kier alpha value is -1.91. The lowest BCUT2D eigenvalue weighted by atomic mass is 9.83. The van der Waals surface area contributed by atoms with Crippen LogP contribution in [-0.4, -0.2) is 40.4 Å². The average Bonchev–Trinajstić information content (AvgIpc) is 2.47. The number of benzene rings is 1. The van der Waals surface area contributed by atoms with Crippen LogP contribution in [0.4, 0.5) is 4.79 Å². The predicted molar refractivity (Wildman–Crippen MR) is 86.8 cm³/mol. The number of phenolic OH excluding ortho intramolecular Hbond substituents is 1. The highest BCUT2D eigenvalue weighted by Crippen LogP contribution is 2.40. The van der Waals surface area contributed by atoms with Gasteiger partial charge in [-0.25, -0.2) is 4.79 Å². The normalized spacial score (nSPS) is 19.9. The first-order valence-corrected chi connectivity index (χ1v) is 8.25. The summed E-state index contributed by atoms with van der Waals surface area (Å²) in [4.78, 5) is 13.9. The fourth-order valence-corrected chi connectivity index (χ4v) is 3.28. The first-order valence-electron chi connectivity index (χ1n) is 8.25. The lowest BCUT2D eigenvalue weighted by molar-refractivity contribution is -0.0273. The molecule has 1 spiro atoms. The Bertz CT molecular complexity index is 598. The number of carbonyl (C=O) groups excluding carboxylic acids is 1. The Morgan fingerprint density at radius 2 is 1.96 bits per heavy atom. The van der Waals surface area contributed by atoms with Crippen molar-refractivity contribution in [1.82, 2.24) is 4.90 Å². The number of aryl methyl sites for hydroxylation is 1. The lowest BCUT2D eigenvalue weighted by Crippen LogP contribution is -2.51. The molecule has 1 N–H and O–H groups in total. The minimum absolute atomic E-state index is 0.192. The zero-order valence-electron chi connectivity index (χ0n) is 14.1. The topological polar surface area (TPSA) is 59.0 Å². The molecule has 2 aliphatic heterocycles. The number of nitrogens with zero attached hydrogens (tertiary/aromatic N) is 1. The molecule has 0 atom stereocenters. The van der Waals surface area contributed by atoms with Gasteiger partial charge in [0.2, 0.25) is 0 Å². The molecule has 23 heavy (non-hydrogen) atoms. The Balaban J connectivity index is 1.63. The lowest BCUT2D eigenvalue weighted by Gasteiger charge is -2.44. The Kier molecular flexibility index (Phi) is 3.90. The molecule has 1 saturated heterocycles. The van der Waals surface area contributed by atoms with E-state index in [1.165, 1.54) is 0 Å². The number of carbonyl (C=O) groups is 1. The van der Waals surface area contributed by atoms with Crippen molar-refractivity contribution in [3.8, 4) is 11.5 Å². The van der Waals surface area contributed by atoms with Gasteiger partial charge < -0.3 is 19.5 Å². The summed E-state index contributed by atoms with van der Waals surface area (Å²) in [6, 6.07) is 5.28. The number of hydrogen-bond donors (Lipinski definition) is 1. The summed E-state index contributed by atoms with van der Waals surface area (Å²) < 4.78 is 11.7. The third-order valence-corrected chi connectivity index (χ3v) is 4.55. The van der Waals surface area contributed by atoms with E-state index in [1.54, 1.807) is 17.0 Å². The number of aromatic hydroxyl groups is 1. The molecule has 2 heterocycles. The molecule has 0 aromatic heterocycles. The first kappa shape index (κ1) is 16.0. The van der Waals surface area contributed by atoms with Gasteiger partial charge in [-0.2, -0.15) is 0 Å². The average molecular weight is 319 g/mol. The minimum atomic E-state index is -0.464. The third-order valence-electron chi connectivity index (χ3n) is 4.55. The van der Waals surface area contributed by atoms with Crippen molar-refractivity contribution in [2.45, 2.75) is 57.7 Å². The quantitative estimate of drug-likeness (QED) is 0.795. The van der Waals surface area contributed by atoms with E-state index in [4.69, 9.17) is 9.47 Å². The van der Waals surface area contributed by atoms with E-state index in [1.807, 2.05) is 26.8 Å². The van der Waals surface area contributed by atoms with Gasteiger partial charge in [0.05, 0.1) is 0 Å². The van der Waals surface area contributed by atoms with Gasteiger partial charge >= 0.3 is 6.09 Å². The van der Waals surface area contributed by atoms with Crippen LogP contribution in [-0.2, 0) is 11.2 Å². The zero-order valence-corrected chi connectivity index (χ0v) is 14.1. The smallest absolute Gasteiger partial charge is 0.410 e. The number of fused-ring (bicyclic) bond motifs is 1. The molecule has 126 valence electrons. The van der Waals surface area contributed by atoms with Crippen molar-refractivity contribution >= 4 is 6.09 Å². The second kappa shape index (κ2) is 5.62.